The van der Waals surface area contributed by atoms with Crippen LogP contribution in [0, 0.1) is 0 Å². The van der Waals surface area contributed by atoms with Crippen LogP contribution in [0.5, 0.6) is 0 Å². The molecule has 1 spiro atoms. The molecular formula is C19H29NO. The molecule has 2 heteroatoms. The third kappa shape index (κ3) is 3.79. The average molecular weight is 287 g/mol. The lowest BCUT2D eigenvalue weighted by Gasteiger charge is -2.33. The van der Waals surface area contributed by atoms with E-state index < -0.39 is 0 Å². The van der Waals surface area contributed by atoms with Crippen molar-refractivity contribution >= 4 is 5.69 Å². The summed E-state index contributed by atoms with van der Waals surface area (Å²) in [5.41, 5.74) is 2.90. The van der Waals surface area contributed by atoms with Gasteiger partial charge in [-0.3, -0.25) is 0 Å². The molecule has 1 saturated carbocycles. The van der Waals surface area contributed by atoms with Crippen LogP contribution in [0.15, 0.2) is 24.3 Å². The van der Waals surface area contributed by atoms with E-state index in [1.165, 1.54) is 69.0 Å². The van der Waals surface area contributed by atoms with Gasteiger partial charge in [0.1, 0.15) is 0 Å². The number of benzene rings is 1. The fourth-order valence-corrected chi connectivity index (χ4v) is 3.91. The maximum absolute atomic E-state index is 6.41. The predicted octanol–water partition coefficient (Wildman–Crippen LogP) is 4.93. The molecule has 21 heavy (non-hydrogen) atoms. The monoisotopic (exact) mass is 287 g/mol. The molecule has 1 aliphatic heterocycles. The number of anilines is 1. The minimum Gasteiger partial charge on any atom is -0.382 e. The van der Waals surface area contributed by atoms with E-state index in [1.54, 1.807) is 0 Å². The Bertz CT molecular complexity index is 433. The molecule has 2 nitrogen and oxygen atoms in total. The van der Waals surface area contributed by atoms with Crippen LogP contribution in [-0.4, -0.2) is 18.2 Å². The van der Waals surface area contributed by atoms with Crippen molar-refractivity contribution in [1.82, 2.24) is 0 Å². The molecule has 0 aromatic heterocycles. The van der Waals surface area contributed by atoms with Gasteiger partial charge in [0, 0.05) is 12.2 Å². The van der Waals surface area contributed by atoms with E-state index in [-0.39, 0.29) is 5.60 Å². The molecule has 1 unspecified atom stereocenters. The molecule has 2 fully saturated rings. The van der Waals surface area contributed by atoms with Crippen molar-refractivity contribution in [2.45, 2.75) is 76.4 Å². The largest absolute Gasteiger partial charge is 0.382 e. The molecule has 1 aromatic rings. The summed E-state index contributed by atoms with van der Waals surface area (Å²) in [7, 11) is 0. The molecule has 116 valence electrons. The number of hydrogen-bond donors (Lipinski definition) is 1. The standard InChI is InChI=1S/C19H29NO/c1-2-6-16-7-9-17(10-8-16)20-15-18-11-14-19(21-18)12-4-3-5-13-19/h7-10,18,20H,2-6,11-15H2,1H3. The van der Waals surface area contributed by atoms with Gasteiger partial charge in [0.15, 0.2) is 0 Å². The van der Waals surface area contributed by atoms with E-state index in [2.05, 4.69) is 36.5 Å². The van der Waals surface area contributed by atoms with Gasteiger partial charge in [-0.15, -0.1) is 0 Å². The average Bonchev–Trinajstić information content (AvgIpc) is 2.90. The van der Waals surface area contributed by atoms with Crippen LogP contribution in [-0.2, 0) is 11.2 Å². The number of ether oxygens (including phenoxy) is 1. The Morgan fingerprint density at radius 2 is 1.86 bits per heavy atom. The van der Waals surface area contributed by atoms with Gasteiger partial charge in [-0.2, -0.15) is 0 Å². The Kier molecular flexibility index (Phi) is 4.84. The Labute approximate surface area is 129 Å². The van der Waals surface area contributed by atoms with Gasteiger partial charge >= 0.3 is 0 Å². The number of rotatable bonds is 5. The summed E-state index contributed by atoms with van der Waals surface area (Å²) >= 11 is 0. The lowest BCUT2D eigenvalue weighted by molar-refractivity contribution is -0.0588. The number of hydrogen-bond acceptors (Lipinski definition) is 2. The third-order valence-corrected chi connectivity index (χ3v) is 5.13. The van der Waals surface area contributed by atoms with E-state index in [0.29, 0.717) is 6.10 Å². The Balaban J connectivity index is 1.47. The van der Waals surface area contributed by atoms with Gasteiger partial charge in [-0.25, -0.2) is 0 Å². The molecule has 1 aromatic carbocycles. The molecule has 1 atom stereocenters. The molecule has 1 saturated heterocycles. The molecule has 2 aliphatic rings. The highest BCUT2D eigenvalue weighted by Gasteiger charge is 2.40. The molecule has 3 rings (SSSR count). The zero-order valence-electron chi connectivity index (χ0n) is 13.4. The molecular weight excluding hydrogens is 258 g/mol. The molecule has 1 N–H and O–H groups in total. The maximum Gasteiger partial charge on any atom is 0.0756 e. The summed E-state index contributed by atoms with van der Waals surface area (Å²) in [6.07, 6.45) is 12.0. The molecule has 0 bridgehead atoms. The van der Waals surface area contributed by atoms with Gasteiger partial charge in [0.05, 0.1) is 11.7 Å². The van der Waals surface area contributed by atoms with E-state index in [1.807, 2.05) is 0 Å². The lowest BCUT2D eigenvalue weighted by atomic mass is 9.83. The summed E-state index contributed by atoms with van der Waals surface area (Å²) in [6.45, 7) is 3.18. The fourth-order valence-electron chi connectivity index (χ4n) is 3.91. The van der Waals surface area contributed by atoms with Crippen molar-refractivity contribution in [2.24, 2.45) is 0 Å². The van der Waals surface area contributed by atoms with E-state index in [0.717, 1.165) is 6.54 Å². The van der Waals surface area contributed by atoms with Gasteiger partial charge in [-0.1, -0.05) is 44.7 Å². The normalized spacial score (nSPS) is 24.3. The summed E-state index contributed by atoms with van der Waals surface area (Å²) in [6, 6.07) is 8.89. The first kappa shape index (κ1) is 14.9. The van der Waals surface area contributed by atoms with Crippen molar-refractivity contribution in [3.63, 3.8) is 0 Å². The van der Waals surface area contributed by atoms with Crippen LogP contribution in [0.2, 0.25) is 0 Å². The van der Waals surface area contributed by atoms with Gasteiger partial charge in [0.25, 0.3) is 0 Å². The van der Waals surface area contributed by atoms with Crippen LogP contribution in [0.4, 0.5) is 5.69 Å². The summed E-state index contributed by atoms with van der Waals surface area (Å²) in [5, 5.41) is 3.55. The minimum atomic E-state index is 0.246. The Hall–Kier alpha value is -1.02. The number of nitrogens with one attached hydrogen (secondary N) is 1. The molecule has 0 radical (unpaired) electrons. The smallest absolute Gasteiger partial charge is 0.0756 e. The Morgan fingerprint density at radius 1 is 1.10 bits per heavy atom. The van der Waals surface area contributed by atoms with E-state index in [9.17, 15) is 0 Å². The minimum absolute atomic E-state index is 0.246. The van der Waals surface area contributed by atoms with Crippen LogP contribution in [0.25, 0.3) is 0 Å². The fraction of sp³-hybridized carbons (Fsp3) is 0.684. The van der Waals surface area contributed by atoms with Crippen LogP contribution < -0.4 is 5.32 Å². The van der Waals surface area contributed by atoms with Crippen molar-refractivity contribution in [3.8, 4) is 0 Å². The van der Waals surface area contributed by atoms with Crippen molar-refractivity contribution in [3.05, 3.63) is 29.8 Å². The first-order chi connectivity index (χ1) is 10.3. The topological polar surface area (TPSA) is 21.3 Å². The summed E-state index contributed by atoms with van der Waals surface area (Å²) < 4.78 is 6.41. The number of aryl methyl sites for hydroxylation is 1. The first-order valence-corrected chi connectivity index (χ1v) is 8.80. The summed E-state index contributed by atoms with van der Waals surface area (Å²) in [5.74, 6) is 0. The van der Waals surface area contributed by atoms with Gasteiger partial charge in [0.2, 0.25) is 0 Å². The van der Waals surface area contributed by atoms with Crippen LogP contribution >= 0.6 is 0 Å². The SMILES string of the molecule is CCCc1ccc(NCC2CCC3(CCCCC3)O2)cc1. The maximum atomic E-state index is 6.41. The van der Waals surface area contributed by atoms with Gasteiger partial charge < -0.3 is 10.1 Å². The molecule has 0 amide bonds. The Morgan fingerprint density at radius 3 is 2.57 bits per heavy atom. The van der Waals surface area contributed by atoms with Crippen molar-refractivity contribution in [1.29, 1.82) is 0 Å². The highest BCUT2D eigenvalue weighted by Crippen LogP contribution is 2.41. The second-order valence-electron chi connectivity index (χ2n) is 6.85. The van der Waals surface area contributed by atoms with Crippen LogP contribution in [0.3, 0.4) is 0 Å². The zero-order valence-corrected chi connectivity index (χ0v) is 13.4. The first-order valence-electron chi connectivity index (χ1n) is 8.80. The van der Waals surface area contributed by atoms with Crippen LogP contribution in [0.1, 0.15) is 63.9 Å². The van der Waals surface area contributed by atoms with Gasteiger partial charge in [-0.05, 0) is 49.8 Å². The second-order valence-corrected chi connectivity index (χ2v) is 6.85. The second kappa shape index (κ2) is 6.83. The quantitative estimate of drug-likeness (QED) is 0.829. The zero-order chi connectivity index (χ0) is 14.5. The molecule has 1 aliphatic carbocycles. The lowest BCUT2D eigenvalue weighted by Crippen LogP contribution is -2.33. The predicted molar refractivity (Wildman–Crippen MR) is 88.8 cm³/mol. The van der Waals surface area contributed by atoms with Crippen molar-refractivity contribution in [2.75, 3.05) is 11.9 Å². The highest BCUT2D eigenvalue weighted by molar-refractivity contribution is 5.44. The van der Waals surface area contributed by atoms with Crippen molar-refractivity contribution < 1.29 is 4.74 Å². The van der Waals surface area contributed by atoms with E-state index >= 15 is 0 Å². The highest BCUT2D eigenvalue weighted by atomic mass is 16.5. The molecule has 1 heterocycles. The van der Waals surface area contributed by atoms with E-state index in [4.69, 9.17) is 4.74 Å². The summed E-state index contributed by atoms with van der Waals surface area (Å²) in [4.78, 5) is 0. The third-order valence-electron chi connectivity index (χ3n) is 5.13.